The van der Waals surface area contributed by atoms with E-state index in [4.69, 9.17) is 35.0 Å². The molecule has 0 saturated heterocycles. The Bertz CT molecular complexity index is 1860. The van der Waals surface area contributed by atoms with Gasteiger partial charge in [0.2, 0.25) is 51.4 Å². The number of rotatable bonds is 38. The Hall–Kier alpha value is -5.11. The Balaban J connectivity index is 4.31. The van der Waals surface area contributed by atoms with Crippen molar-refractivity contribution in [3.63, 3.8) is 0 Å². The van der Waals surface area contributed by atoms with Crippen LogP contribution in [0.4, 0.5) is 0 Å². The van der Waals surface area contributed by atoms with Crippen LogP contribution in [0.2, 0.25) is 0 Å². The van der Waals surface area contributed by atoms with Crippen LogP contribution in [0.15, 0.2) is 0 Å². The third kappa shape index (κ3) is 30.9. The van der Waals surface area contributed by atoms with Crippen molar-refractivity contribution in [1.29, 1.82) is 0 Å². The molecule has 30 heteroatoms. The predicted octanol–water partition coefficient (Wildman–Crippen LogP) is -5.17. The van der Waals surface area contributed by atoms with E-state index >= 15 is 0 Å². The topological polar surface area (TPSA) is 444 Å². The lowest BCUT2D eigenvalue weighted by atomic mass is 9.73. The predicted molar refractivity (Wildman–Crippen MR) is 228 cm³/mol. The smallest absolute Gasteiger partial charge is 0.326 e. The van der Waals surface area contributed by atoms with Crippen LogP contribution in [-0.2, 0) is 82.2 Å². The summed E-state index contributed by atoms with van der Waals surface area (Å²) in [7, 11) is -8.61. The van der Waals surface area contributed by atoms with Gasteiger partial charge in [-0.25, -0.2) is 18.0 Å². The molecule has 3 atom stereocenters. The normalized spacial score (nSPS) is 13.5. The molecule has 66 heavy (non-hydrogen) atoms. The lowest BCUT2D eigenvalue weighted by Crippen LogP contribution is -2.55. The SMILES string of the molecule is CC(C)(CS(=O)(=O)O)C(C)(N)CC(=O)NS(=O)(=O)CCCC(=O)NCCOCCOCC(=O)N[C@@H](CCC(=O)N[C@H](CCC(=O)NCCOCCOCC(=O)NCC(N)=O)C(=O)O)C(=O)O. The highest BCUT2D eigenvalue weighted by molar-refractivity contribution is 7.90. The van der Waals surface area contributed by atoms with Gasteiger partial charge in [0.25, 0.3) is 10.1 Å². The first-order valence-electron chi connectivity index (χ1n) is 20.3. The van der Waals surface area contributed by atoms with E-state index < -0.39 is 134 Å². The third-order valence-corrected chi connectivity index (χ3v) is 11.5. The third-order valence-electron chi connectivity index (χ3n) is 9.10. The molecule has 0 bridgehead atoms. The van der Waals surface area contributed by atoms with E-state index in [0.717, 1.165) is 0 Å². The van der Waals surface area contributed by atoms with E-state index in [-0.39, 0.29) is 91.6 Å². The number of nitrogens with two attached hydrogens (primary N) is 2. The molecule has 0 heterocycles. The number of carbonyl (C=O) groups is 9. The van der Waals surface area contributed by atoms with Gasteiger partial charge in [-0.1, -0.05) is 13.8 Å². The van der Waals surface area contributed by atoms with Crippen LogP contribution in [-0.4, -0.2) is 187 Å². The number of aliphatic carboxylic acids is 2. The van der Waals surface area contributed by atoms with Gasteiger partial charge in [-0.2, -0.15) is 8.42 Å². The Morgan fingerprint density at radius 2 is 1.06 bits per heavy atom. The summed E-state index contributed by atoms with van der Waals surface area (Å²) in [5.41, 5.74) is 8.16. The number of hydrogen-bond acceptors (Lipinski definition) is 18. The molecule has 0 fully saturated rings. The standard InChI is InChI=1S/C36H64N8O20S2/c1-35(2,23-66(58,59)60)36(3,38)19-30(49)44-65(56,57)18-4-5-27(46)39-10-12-61-15-17-64-22-32(51)43-25(34(54)55)7-9-29(48)42-24(33(52)53)6-8-28(47)40-11-13-62-14-16-63-21-31(50)41-20-26(37)45/h24-25H,4-23,38H2,1-3H3,(H2,37,45)(H,39,46)(H,40,47)(H,41,50)(H,42,48)(H,43,51)(H,44,49)(H,52,53)(H,54,55)(H,58,59,60)/t24-,25+,36?/m1/s1. The van der Waals surface area contributed by atoms with Gasteiger partial charge < -0.3 is 67.2 Å². The van der Waals surface area contributed by atoms with Gasteiger partial charge in [-0.05, 0) is 31.6 Å². The summed E-state index contributed by atoms with van der Waals surface area (Å²) in [6, 6.07) is -3.01. The molecule has 7 amide bonds. The monoisotopic (exact) mass is 992 g/mol. The minimum absolute atomic E-state index is 0.00204. The van der Waals surface area contributed by atoms with Crippen molar-refractivity contribution in [2.75, 3.05) is 84.0 Å². The first-order valence-corrected chi connectivity index (χ1v) is 23.5. The Kier molecular flexibility index (Phi) is 28.6. The van der Waals surface area contributed by atoms with E-state index in [1.807, 2.05) is 4.72 Å². The Labute approximate surface area is 381 Å². The van der Waals surface area contributed by atoms with Gasteiger partial charge in [0.05, 0.1) is 57.7 Å². The van der Waals surface area contributed by atoms with E-state index in [2.05, 4.69) is 26.6 Å². The van der Waals surface area contributed by atoms with Crippen LogP contribution < -0.4 is 42.8 Å². The minimum atomic E-state index is -4.44. The van der Waals surface area contributed by atoms with Crippen molar-refractivity contribution in [3.05, 3.63) is 0 Å². The number of carboxylic acids is 2. The van der Waals surface area contributed by atoms with Crippen LogP contribution in [0.3, 0.4) is 0 Å². The summed E-state index contributed by atoms with van der Waals surface area (Å²) in [6.45, 7) is 3.05. The number of nitrogens with one attached hydrogen (secondary N) is 6. The molecule has 0 aliphatic rings. The maximum absolute atomic E-state index is 12.4. The maximum atomic E-state index is 12.4. The maximum Gasteiger partial charge on any atom is 0.326 e. The van der Waals surface area contributed by atoms with Crippen molar-refractivity contribution in [2.24, 2.45) is 16.9 Å². The van der Waals surface area contributed by atoms with Crippen LogP contribution in [0.5, 0.6) is 0 Å². The van der Waals surface area contributed by atoms with Crippen molar-refractivity contribution < 1.29 is 93.7 Å². The second-order valence-electron chi connectivity index (χ2n) is 15.4. The highest BCUT2D eigenvalue weighted by Gasteiger charge is 2.42. The molecule has 0 aromatic carbocycles. The average Bonchev–Trinajstić information content (AvgIpc) is 3.17. The lowest BCUT2D eigenvalue weighted by Gasteiger charge is -2.40. The van der Waals surface area contributed by atoms with Gasteiger partial charge in [-0.15, -0.1) is 0 Å². The van der Waals surface area contributed by atoms with Crippen molar-refractivity contribution >= 4 is 73.4 Å². The number of carboxylic acid groups (broad SMARTS) is 2. The first kappa shape index (κ1) is 60.9. The lowest BCUT2D eigenvalue weighted by molar-refractivity contribution is -0.144. The van der Waals surface area contributed by atoms with Crippen LogP contribution in [0.25, 0.3) is 0 Å². The summed E-state index contributed by atoms with van der Waals surface area (Å²) in [5.74, 6) is -9.27. The van der Waals surface area contributed by atoms with Gasteiger partial charge in [0, 0.05) is 44.3 Å². The molecule has 0 aromatic rings. The molecule has 0 aliphatic carbocycles. The van der Waals surface area contributed by atoms with Crippen LogP contribution in [0.1, 0.15) is 65.7 Å². The summed E-state index contributed by atoms with van der Waals surface area (Å²) in [5, 5.41) is 30.6. The van der Waals surface area contributed by atoms with Crippen molar-refractivity contribution in [3.8, 4) is 0 Å². The van der Waals surface area contributed by atoms with Gasteiger partial charge >= 0.3 is 11.9 Å². The van der Waals surface area contributed by atoms with Crippen LogP contribution in [0, 0.1) is 5.41 Å². The van der Waals surface area contributed by atoms with E-state index in [9.17, 15) is 70.2 Å². The molecule has 0 rings (SSSR count). The van der Waals surface area contributed by atoms with Crippen molar-refractivity contribution in [1.82, 2.24) is 31.3 Å². The average molecular weight is 993 g/mol. The number of hydrogen-bond donors (Lipinski definition) is 11. The van der Waals surface area contributed by atoms with Gasteiger partial charge in [-0.3, -0.25) is 42.8 Å². The zero-order chi connectivity index (χ0) is 50.6. The molecule has 1 unspecified atom stereocenters. The zero-order valence-corrected chi connectivity index (χ0v) is 38.7. The molecule has 0 aliphatic heterocycles. The number of carbonyl (C=O) groups excluding carboxylic acids is 7. The van der Waals surface area contributed by atoms with E-state index in [0.29, 0.717) is 0 Å². The summed E-state index contributed by atoms with van der Waals surface area (Å²) in [4.78, 5) is 107. The summed E-state index contributed by atoms with van der Waals surface area (Å²) < 4.78 is 79.0. The fourth-order valence-corrected chi connectivity index (χ4v) is 7.44. The van der Waals surface area contributed by atoms with E-state index in [1.165, 1.54) is 20.8 Å². The largest absolute Gasteiger partial charge is 0.480 e. The number of primary amides is 1. The Morgan fingerprint density at radius 3 is 1.55 bits per heavy atom. The quantitative estimate of drug-likeness (QED) is 0.0203. The highest BCUT2D eigenvalue weighted by Crippen LogP contribution is 2.32. The molecule has 0 spiro atoms. The number of amides is 7. The van der Waals surface area contributed by atoms with Crippen molar-refractivity contribution in [2.45, 2.75) is 83.3 Å². The van der Waals surface area contributed by atoms with Gasteiger partial charge in [0.1, 0.15) is 25.3 Å². The minimum Gasteiger partial charge on any atom is -0.480 e. The number of sulfonamides is 1. The first-order chi connectivity index (χ1) is 30.6. The fourth-order valence-electron chi connectivity index (χ4n) is 5.15. The molecule has 380 valence electrons. The molecule has 0 radical (unpaired) electrons. The second kappa shape index (κ2) is 31.0. The fraction of sp³-hybridized carbons (Fsp3) is 0.750. The van der Waals surface area contributed by atoms with Gasteiger partial charge in [0.15, 0.2) is 0 Å². The molecular weight excluding hydrogens is 929 g/mol. The Morgan fingerprint density at radius 1 is 0.606 bits per heavy atom. The highest BCUT2D eigenvalue weighted by atomic mass is 32.2. The molecular formula is C36H64N8O20S2. The molecule has 13 N–H and O–H groups in total. The zero-order valence-electron chi connectivity index (χ0n) is 37.0. The summed E-state index contributed by atoms with van der Waals surface area (Å²) in [6.07, 6.45) is -2.44. The van der Waals surface area contributed by atoms with E-state index in [1.54, 1.807) is 0 Å². The molecule has 0 aromatic heterocycles. The number of ether oxygens (including phenoxy) is 4. The molecule has 0 saturated carbocycles. The second-order valence-corrected chi connectivity index (χ2v) is 18.7. The summed E-state index contributed by atoms with van der Waals surface area (Å²) >= 11 is 0. The van der Waals surface area contributed by atoms with Crippen LogP contribution >= 0.6 is 0 Å². The molecule has 28 nitrogen and oxygen atoms in total.